The Kier molecular flexibility index (Phi) is 4.10. The molecule has 0 spiro atoms. The number of carboxylic acid groups (broad SMARTS) is 1. The van der Waals surface area contributed by atoms with E-state index in [1.807, 2.05) is 18.2 Å². The van der Waals surface area contributed by atoms with E-state index in [-0.39, 0.29) is 0 Å². The van der Waals surface area contributed by atoms with Gasteiger partial charge in [0.15, 0.2) is 0 Å². The fourth-order valence-electron chi connectivity index (χ4n) is 0.945. The highest BCUT2D eigenvalue weighted by Gasteiger charge is 2.11. The first-order valence-electron chi connectivity index (χ1n) is 4.70. The summed E-state index contributed by atoms with van der Waals surface area (Å²) in [5.74, 6) is 3.27. The number of aliphatic carboxylic acids is 1. The quantitative estimate of drug-likeness (QED) is 0.714. The van der Waals surface area contributed by atoms with E-state index in [1.54, 1.807) is 12.1 Å². The molecule has 0 bridgehead atoms. The Balaban J connectivity index is 2.59. The Morgan fingerprint density at radius 1 is 1.31 bits per heavy atom. The third-order valence-corrected chi connectivity index (χ3v) is 1.81. The maximum Gasteiger partial charge on any atom is 0.325 e. The first-order chi connectivity index (χ1) is 7.59. The summed E-state index contributed by atoms with van der Waals surface area (Å²) in [5.41, 5.74) is 0.709. The van der Waals surface area contributed by atoms with E-state index in [2.05, 4.69) is 17.2 Å². The Labute approximate surface area is 93.3 Å². The number of nitrogens with one attached hydrogen (secondary N) is 1. The van der Waals surface area contributed by atoms with Crippen molar-refractivity contribution >= 4 is 11.9 Å². The van der Waals surface area contributed by atoms with E-state index in [1.165, 1.54) is 6.92 Å². The van der Waals surface area contributed by atoms with Crippen molar-refractivity contribution in [2.75, 3.05) is 0 Å². The SMILES string of the molecule is C[C@H](NC(=O)C#Cc1ccccc1)C(=O)O. The lowest BCUT2D eigenvalue weighted by Gasteiger charge is -2.04. The molecule has 1 amide bonds. The molecule has 0 radical (unpaired) electrons. The zero-order chi connectivity index (χ0) is 12.0. The van der Waals surface area contributed by atoms with E-state index in [9.17, 15) is 9.59 Å². The Morgan fingerprint density at radius 3 is 2.50 bits per heavy atom. The Morgan fingerprint density at radius 2 is 1.94 bits per heavy atom. The summed E-state index contributed by atoms with van der Waals surface area (Å²) in [4.78, 5) is 21.6. The highest BCUT2D eigenvalue weighted by molar-refractivity contribution is 5.96. The largest absolute Gasteiger partial charge is 0.480 e. The highest BCUT2D eigenvalue weighted by Crippen LogP contribution is 1.94. The van der Waals surface area contributed by atoms with Gasteiger partial charge in [-0.05, 0) is 19.1 Å². The van der Waals surface area contributed by atoms with Crippen LogP contribution in [0.3, 0.4) is 0 Å². The molecule has 2 N–H and O–H groups in total. The van der Waals surface area contributed by atoms with Crippen molar-refractivity contribution < 1.29 is 14.7 Å². The molecular weight excluding hydrogens is 206 g/mol. The maximum atomic E-state index is 11.2. The van der Waals surface area contributed by atoms with E-state index < -0.39 is 17.9 Å². The van der Waals surface area contributed by atoms with Gasteiger partial charge in [0.05, 0.1) is 0 Å². The normalized spacial score (nSPS) is 10.8. The summed E-state index contributed by atoms with van der Waals surface area (Å²) in [7, 11) is 0. The number of benzene rings is 1. The second-order valence-corrected chi connectivity index (χ2v) is 3.15. The van der Waals surface area contributed by atoms with Crippen LogP contribution in [-0.2, 0) is 9.59 Å². The molecule has 0 saturated heterocycles. The van der Waals surface area contributed by atoms with Gasteiger partial charge in [-0.25, -0.2) is 0 Å². The van der Waals surface area contributed by atoms with Crippen molar-refractivity contribution in [1.29, 1.82) is 0 Å². The average Bonchev–Trinajstić information content (AvgIpc) is 2.27. The van der Waals surface area contributed by atoms with Gasteiger partial charge in [0.25, 0.3) is 5.91 Å². The molecule has 4 heteroatoms. The molecule has 1 rings (SSSR count). The minimum Gasteiger partial charge on any atom is -0.480 e. The molecule has 0 saturated carbocycles. The van der Waals surface area contributed by atoms with Crippen LogP contribution in [0.25, 0.3) is 0 Å². The van der Waals surface area contributed by atoms with Gasteiger partial charge in [-0.1, -0.05) is 24.1 Å². The molecule has 1 aromatic carbocycles. The number of amides is 1. The third kappa shape index (κ3) is 3.84. The first-order valence-corrected chi connectivity index (χ1v) is 4.70. The maximum absolute atomic E-state index is 11.2. The van der Waals surface area contributed by atoms with E-state index in [0.29, 0.717) is 5.56 Å². The number of hydrogen-bond donors (Lipinski definition) is 2. The summed E-state index contributed by atoms with van der Waals surface area (Å²) in [6.07, 6.45) is 0. The number of carbonyl (C=O) groups excluding carboxylic acids is 1. The Hall–Kier alpha value is -2.28. The van der Waals surface area contributed by atoms with E-state index >= 15 is 0 Å². The van der Waals surface area contributed by atoms with Crippen molar-refractivity contribution in [2.45, 2.75) is 13.0 Å². The van der Waals surface area contributed by atoms with Crippen LogP contribution in [0.2, 0.25) is 0 Å². The molecule has 0 aliphatic carbocycles. The van der Waals surface area contributed by atoms with Gasteiger partial charge in [0.2, 0.25) is 0 Å². The third-order valence-electron chi connectivity index (χ3n) is 1.81. The van der Waals surface area contributed by atoms with Crippen LogP contribution >= 0.6 is 0 Å². The summed E-state index contributed by atoms with van der Waals surface area (Å²) in [6, 6.07) is 8.06. The lowest BCUT2D eigenvalue weighted by atomic mass is 10.2. The van der Waals surface area contributed by atoms with Gasteiger partial charge in [-0.3, -0.25) is 9.59 Å². The molecule has 0 aromatic heterocycles. The molecule has 82 valence electrons. The smallest absolute Gasteiger partial charge is 0.325 e. The lowest BCUT2D eigenvalue weighted by Crippen LogP contribution is -2.37. The van der Waals surface area contributed by atoms with Crippen molar-refractivity contribution in [3.05, 3.63) is 35.9 Å². The fraction of sp³-hybridized carbons (Fsp3) is 0.167. The lowest BCUT2D eigenvalue weighted by molar-refractivity contribution is -0.140. The van der Waals surface area contributed by atoms with Gasteiger partial charge >= 0.3 is 5.97 Å². The van der Waals surface area contributed by atoms with Crippen LogP contribution in [0.15, 0.2) is 30.3 Å². The van der Waals surface area contributed by atoms with Crippen LogP contribution in [0.4, 0.5) is 0 Å². The minimum atomic E-state index is -1.09. The van der Waals surface area contributed by atoms with Gasteiger partial charge in [0, 0.05) is 11.5 Å². The molecule has 0 aliphatic rings. The zero-order valence-electron chi connectivity index (χ0n) is 8.73. The zero-order valence-corrected chi connectivity index (χ0v) is 8.73. The monoisotopic (exact) mass is 217 g/mol. The van der Waals surface area contributed by atoms with Crippen molar-refractivity contribution in [2.24, 2.45) is 0 Å². The average molecular weight is 217 g/mol. The number of hydrogen-bond acceptors (Lipinski definition) is 2. The molecule has 1 aromatic rings. The van der Waals surface area contributed by atoms with Crippen LogP contribution in [0.5, 0.6) is 0 Å². The molecule has 0 aliphatic heterocycles. The van der Waals surface area contributed by atoms with Crippen molar-refractivity contribution in [3.63, 3.8) is 0 Å². The van der Waals surface area contributed by atoms with E-state index in [4.69, 9.17) is 5.11 Å². The molecule has 0 heterocycles. The Bertz CT molecular complexity index is 442. The van der Waals surface area contributed by atoms with Gasteiger partial charge in [0.1, 0.15) is 6.04 Å². The summed E-state index contributed by atoms with van der Waals surface area (Å²) in [6.45, 7) is 1.38. The standard InChI is InChI=1S/C12H11NO3/c1-9(12(15)16)13-11(14)8-7-10-5-3-2-4-6-10/h2-6,9H,1H3,(H,13,14)(H,15,16)/t9-/m0/s1. The predicted octanol–water partition coefficient (Wildman–Crippen LogP) is 0.627. The van der Waals surface area contributed by atoms with Crippen LogP contribution in [0, 0.1) is 11.8 Å². The topological polar surface area (TPSA) is 66.4 Å². The second kappa shape index (κ2) is 5.56. The molecule has 1 atom stereocenters. The highest BCUT2D eigenvalue weighted by atomic mass is 16.4. The summed E-state index contributed by atoms with van der Waals surface area (Å²) in [5, 5.41) is 10.8. The second-order valence-electron chi connectivity index (χ2n) is 3.15. The summed E-state index contributed by atoms with van der Waals surface area (Å²) >= 11 is 0. The van der Waals surface area contributed by atoms with Crippen LogP contribution in [0.1, 0.15) is 12.5 Å². The van der Waals surface area contributed by atoms with Gasteiger partial charge in [-0.2, -0.15) is 0 Å². The van der Waals surface area contributed by atoms with Gasteiger partial charge < -0.3 is 10.4 Å². The molecule has 0 fully saturated rings. The molecule has 4 nitrogen and oxygen atoms in total. The van der Waals surface area contributed by atoms with Gasteiger partial charge in [-0.15, -0.1) is 0 Å². The van der Waals surface area contributed by atoms with Crippen molar-refractivity contribution in [1.82, 2.24) is 5.32 Å². The minimum absolute atomic E-state index is 0.598. The number of rotatable bonds is 2. The van der Waals surface area contributed by atoms with Crippen LogP contribution in [-0.4, -0.2) is 23.0 Å². The summed E-state index contributed by atoms with van der Waals surface area (Å²) < 4.78 is 0. The molecular formula is C12H11NO3. The molecule has 16 heavy (non-hydrogen) atoms. The number of carboxylic acids is 1. The van der Waals surface area contributed by atoms with Crippen molar-refractivity contribution in [3.8, 4) is 11.8 Å². The number of carbonyl (C=O) groups is 2. The van der Waals surface area contributed by atoms with Crippen LogP contribution < -0.4 is 5.32 Å². The fourth-order valence-corrected chi connectivity index (χ4v) is 0.945. The van der Waals surface area contributed by atoms with E-state index in [0.717, 1.165) is 0 Å². The predicted molar refractivity (Wildman–Crippen MR) is 58.6 cm³/mol. The molecule has 0 unspecified atom stereocenters. The first kappa shape index (κ1) is 11.8.